The van der Waals surface area contributed by atoms with Gasteiger partial charge in [-0.1, -0.05) is 6.08 Å². The summed E-state index contributed by atoms with van der Waals surface area (Å²) < 4.78 is 69.7. The van der Waals surface area contributed by atoms with Crippen molar-refractivity contribution in [3.63, 3.8) is 0 Å². The molecule has 300 valence electrons. The maximum Gasteiger partial charge on any atom is 0.330 e. The van der Waals surface area contributed by atoms with Gasteiger partial charge in [0, 0.05) is 5.57 Å². The fourth-order valence-corrected chi connectivity index (χ4v) is 2.99. The third-order valence-electron chi connectivity index (χ3n) is 5.71. The van der Waals surface area contributed by atoms with E-state index in [-0.39, 0.29) is 13.2 Å². The molecule has 0 aliphatic rings. The van der Waals surface area contributed by atoms with Crippen LogP contribution in [0.1, 0.15) is 13.8 Å². The molecule has 0 amide bonds. The molecule has 0 bridgehead atoms. The molecule has 0 radical (unpaired) electrons. The second kappa shape index (κ2) is 47.6. The Morgan fingerprint density at radius 3 is 0.580 bits per heavy atom. The molecule has 3 N–H and O–H groups in total. The smallest absolute Gasteiger partial charge is 0.330 e. The molecular formula is C33H66O17. The highest BCUT2D eigenvalue weighted by atomic mass is 16.6. The average Bonchev–Trinajstić information content (AvgIpc) is 3.12. The van der Waals surface area contributed by atoms with E-state index >= 15 is 0 Å². The van der Waals surface area contributed by atoms with E-state index in [0.29, 0.717) is 177 Å². The predicted molar refractivity (Wildman–Crippen MR) is 182 cm³/mol. The molecule has 0 unspecified atom stereocenters. The Hall–Kier alpha value is -1.39. The molecule has 0 heterocycles. The van der Waals surface area contributed by atoms with Crippen molar-refractivity contribution in [2.45, 2.75) is 13.8 Å². The Morgan fingerprint density at radius 2 is 0.500 bits per heavy atom. The molecule has 0 aromatic carbocycles. The SMILES string of the molecule is CC=C(C)C(=O)O.OCCOCCOCCOCCOCCOCCOCCOCCOCCOCCOCCOCCOCCOCCO. The molecule has 0 saturated heterocycles. The topological polar surface area (TPSA) is 198 Å². The molecule has 0 saturated carbocycles. The molecule has 50 heavy (non-hydrogen) atoms. The number of carbonyl (C=O) groups is 1. The molecular weight excluding hydrogens is 668 g/mol. The number of hydrogen-bond donors (Lipinski definition) is 3. The van der Waals surface area contributed by atoms with Gasteiger partial charge in [0.1, 0.15) is 0 Å². The van der Waals surface area contributed by atoms with Crippen molar-refractivity contribution in [2.24, 2.45) is 0 Å². The van der Waals surface area contributed by atoms with Crippen LogP contribution in [0.4, 0.5) is 0 Å². The summed E-state index contributed by atoms with van der Waals surface area (Å²) in [5.74, 6) is -0.845. The van der Waals surface area contributed by atoms with Crippen molar-refractivity contribution in [3.8, 4) is 0 Å². The van der Waals surface area contributed by atoms with Crippen LogP contribution in [0.3, 0.4) is 0 Å². The highest BCUT2D eigenvalue weighted by molar-refractivity contribution is 5.85. The predicted octanol–water partition coefficient (Wildman–Crippen LogP) is 0.224. The number of hydrogen-bond acceptors (Lipinski definition) is 16. The van der Waals surface area contributed by atoms with E-state index in [2.05, 4.69) is 0 Å². The van der Waals surface area contributed by atoms with Crippen LogP contribution in [0.15, 0.2) is 11.6 Å². The zero-order valence-corrected chi connectivity index (χ0v) is 30.4. The van der Waals surface area contributed by atoms with Crippen molar-refractivity contribution in [1.82, 2.24) is 0 Å². The maximum atomic E-state index is 9.86. The third-order valence-corrected chi connectivity index (χ3v) is 5.71. The van der Waals surface area contributed by atoms with Gasteiger partial charge < -0.3 is 76.9 Å². The largest absolute Gasteiger partial charge is 0.478 e. The lowest BCUT2D eigenvalue weighted by atomic mass is 10.3. The van der Waals surface area contributed by atoms with Crippen LogP contribution >= 0.6 is 0 Å². The van der Waals surface area contributed by atoms with Crippen molar-refractivity contribution in [3.05, 3.63) is 11.6 Å². The van der Waals surface area contributed by atoms with Crippen LogP contribution in [-0.4, -0.2) is 206 Å². The number of rotatable bonds is 41. The summed E-state index contributed by atoms with van der Waals surface area (Å²) in [7, 11) is 0. The third kappa shape index (κ3) is 48.7. The Bertz CT molecular complexity index is 632. The minimum absolute atomic E-state index is 0.0234. The number of carboxylic acid groups (broad SMARTS) is 1. The summed E-state index contributed by atoms with van der Waals surface area (Å²) in [6.07, 6.45) is 1.56. The Labute approximate surface area is 298 Å². The van der Waals surface area contributed by atoms with Gasteiger partial charge in [-0.3, -0.25) is 0 Å². The summed E-state index contributed by atoms with van der Waals surface area (Å²) in [4.78, 5) is 9.86. The lowest BCUT2D eigenvalue weighted by molar-refractivity contribution is -0.132. The van der Waals surface area contributed by atoms with Gasteiger partial charge in [0.25, 0.3) is 0 Å². The van der Waals surface area contributed by atoms with Crippen LogP contribution in [0, 0.1) is 0 Å². The lowest BCUT2D eigenvalue weighted by Crippen LogP contribution is -2.15. The quantitative estimate of drug-likeness (QED) is 0.0569. The number of aliphatic hydroxyl groups excluding tert-OH is 2. The molecule has 0 aliphatic heterocycles. The second-order valence-corrected chi connectivity index (χ2v) is 9.68. The van der Waals surface area contributed by atoms with Gasteiger partial charge in [0.15, 0.2) is 0 Å². The molecule has 0 rings (SSSR count). The van der Waals surface area contributed by atoms with Crippen LogP contribution in [0.2, 0.25) is 0 Å². The molecule has 0 aliphatic carbocycles. The van der Waals surface area contributed by atoms with Gasteiger partial charge in [0.05, 0.1) is 185 Å². The fourth-order valence-electron chi connectivity index (χ4n) is 2.99. The minimum Gasteiger partial charge on any atom is -0.478 e. The Morgan fingerprint density at radius 1 is 0.360 bits per heavy atom. The van der Waals surface area contributed by atoms with E-state index in [0.717, 1.165) is 0 Å². The summed E-state index contributed by atoms with van der Waals surface area (Å²) in [6, 6.07) is 0. The van der Waals surface area contributed by atoms with Gasteiger partial charge in [-0.25, -0.2) is 4.79 Å². The van der Waals surface area contributed by atoms with Gasteiger partial charge >= 0.3 is 5.97 Å². The summed E-state index contributed by atoms with van der Waals surface area (Å²) in [5.41, 5.74) is 0.389. The van der Waals surface area contributed by atoms with Crippen molar-refractivity contribution >= 4 is 5.97 Å². The molecule has 0 aromatic heterocycles. The van der Waals surface area contributed by atoms with E-state index in [4.69, 9.17) is 76.9 Å². The molecule has 0 atom stereocenters. The highest BCUT2D eigenvalue weighted by Crippen LogP contribution is 1.89. The number of allylic oxidation sites excluding steroid dienone is 1. The van der Waals surface area contributed by atoms with Gasteiger partial charge in [0.2, 0.25) is 0 Å². The van der Waals surface area contributed by atoms with Gasteiger partial charge in [-0.2, -0.15) is 0 Å². The lowest BCUT2D eigenvalue weighted by Gasteiger charge is -2.09. The van der Waals surface area contributed by atoms with Gasteiger partial charge in [-0.05, 0) is 13.8 Å². The van der Waals surface area contributed by atoms with Crippen molar-refractivity contribution < 1.29 is 81.7 Å². The summed E-state index contributed by atoms with van der Waals surface area (Å²) in [6.45, 7) is 15.9. The number of aliphatic hydroxyl groups is 2. The molecule has 0 fully saturated rings. The minimum atomic E-state index is -0.845. The van der Waals surface area contributed by atoms with E-state index < -0.39 is 5.97 Å². The zero-order chi connectivity index (χ0) is 36.9. The van der Waals surface area contributed by atoms with Crippen molar-refractivity contribution in [2.75, 3.05) is 185 Å². The van der Waals surface area contributed by atoms with Gasteiger partial charge in [-0.15, -0.1) is 0 Å². The standard InChI is InChI=1S/C28H58O15.C5H8O2/c29-1-3-31-5-7-33-9-11-35-13-15-37-17-19-39-21-23-41-25-27-43-28-26-42-24-22-40-20-18-38-16-14-36-12-10-34-8-6-32-4-2-30;1-3-4(2)5(6)7/h29-30H,1-28H2;3H,1-2H3,(H,6,7). The number of carboxylic acids is 1. The van der Waals surface area contributed by atoms with Crippen molar-refractivity contribution in [1.29, 1.82) is 0 Å². The van der Waals surface area contributed by atoms with E-state index in [1.54, 1.807) is 19.9 Å². The van der Waals surface area contributed by atoms with E-state index in [1.165, 1.54) is 0 Å². The zero-order valence-electron chi connectivity index (χ0n) is 30.4. The van der Waals surface area contributed by atoms with Crippen LogP contribution < -0.4 is 0 Å². The summed E-state index contributed by atoms with van der Waals surface area (Å²) in [5, 5.41) is 25.3. The average molecular weight is 735 g/mol. The fraction of sp³-hybridized carbons (Fsp3) is 0.909. The summed E-state index contributed by atoms with van der Waals surface area (Å²) >= 11 is 0. The first-order valence-electron chi connectivity index (χ1n) is 17.2. The monoisotopic (exact) mass is 734 g/mol. The molecule has 17 nitrogen and oxygen atoms in total. The van der Waals surface area contributed by atoms with Crippen LogP contribution in [-0.2, 0) is 66.4 Å². The van der Waals surface area contributed by atoms with E-state index in [9.17, 15) is 4.79 Å². The van der Waals surface area contributed by atoms with Crippen LogP contribution in [0.25, 0.3) is 0 Å². The first-order valence-corrected chi connectivity index (χ1v) is 17.2. The Kier molecular flexibility index (Phi) is 48.3. The second-order valence-electron chi connectivity index (χ2n) is 9.68. The number of ether oxygens (including phenoxy) is 13. The Balaban J connectivity index is 0. The highest BCUT2D eigenvalue weighted by Gasteiger charge is 1.97. The van der Waals surface area contributed by atoms with Crippen LogP contribution in [0.5, 0.6) is 0 Å². The molecule has 0 spiro atoms. The molecule has 17 heteroatoms. The first-order chi connectivity index (χ1) is 24.6. The maximum absolute atomic E-state index is 9.86. The van der Waals surface area contributed by atoms with E-state index in [1.807, 2.05) is 0 Å². The normalized spacial score (nSPS) is 11.6. The first kappa shape index (κ1) is 50.7. The number of aliphatic carboxylic acids is 1. The molecule has 0 aromatic rings.